The largest absolute Gasteiger partial charge is 0.493 e. The number of ether oxygens (including phenoxy) is 2. The quantitative estimate of drug-likeness (QED) is 0.868. The van der Waals surface area contributed by atoms with E-state index in [0.717, 1.165) is 0 Å². The van der Waals surface area contributed by atoms with Crippen molar-refractivity contribution in [3.8, 4) is 11.5 Å². The zero-order chi connectivity index (χ0) is 15.3. The van der Waals surface area contributed by atoms with Crippen LogP contribution in [0.15, 0.2) is 18.2 Å². The average Bonchev–Trinajstić information content (AvgIpc) is 2.38. The van der Waals surface area contributed by atoms with Crippen LogP contribution in [0.25, 0.3) is 0 Å². The normalized spacial score (nSPS) is 12.7. The first kappa shape index (κ1) is 16.3. The molecule has 0 heterocycles. The molecule has 20 heavy (non-hydrogen) atoms. The zero-order valence-electron chi connectivity index (χ0n) is 12.8. The molecule has 5 nitrogen and oxygen atoms in total. The molecule has 3 N–H and O–H groups in total. The molecular weight excluding hydrogens is 256 g/mol. The maximum absolute atomic E-state index is 12.1. The van der Waals surface area contributed by atoms with E-state index in [4.69, 9.17) is 15.2 Å². The summed E-state index contributed by atoms with van der Waals surface area (Å²) in [7, 11) is 1.56. The van der Waals surface area contributed by atoms with Gasteiger partial charge in [0.1, 0.15) is 0 Å². The molecule has 0 spiro atoms. The lowest BCUT2D eigenvalue weighted by molar-refractivity contribution is -0.119. The molecule has 0 aromatic heterocycles. The first-order valence-corrected chi connectivity index (χ1v) is 6.67. The number of anilines is 1. The Balaban J connectivity index is 2.86. The number of nitrogens with one attached hydrogen (secondary N) is 1. The first-order chi connectivity index (χ1) is 9.29. The molecule has 0 radical (unpaired) electrons. The van der Waals surface area contributed by atoms with E-state index in [2.05, 4.69) is 5.32 Å². The third-order valence-corrected chi connectivity index (χ3v) is 2.95. The number of hydrogen-bond acceptors (Lipinski definition) is 4. The van der Waals surface area contributed by atoms with Gasteiger partial charge in [0.15, 0.2) is 11.5 Å². The second-order valence-corrected chi connectivity index (χ2v) is 5.63. The molecule has 0 bridgehead atoms. The summed E-state index contributed by atoms with van der Waals surface area (Å²) in [4.78, 5) is 12.1. The maximum atomic E-state index is 12.1. The lowest BCUT2D eigenvalue weighted by Crippen LogP contribution is -2.45. The van der Waals surface area contributed by atoms with Crippen LogP contribution < -0.4 is 20.5 Å². The molecule has 0 fully saturated rings. The third-order valence-electron chi connectivity index (χ3n) is 2.95. The van der Waals surface area contributed by atoms with Crippen LogP contribution in [0.2, 0.25) is 0 Å². The van der Waals surface area contributed by atoms with Gasteiger partial charge in [-0.15, -0.1) is 0 Å². The highest BCUT2D eigenvalue weighted by atomic mass is 16.5. The highest BCUT2D eigenvalue weighted by Gasteiger charge is 2.27. The number of nitrogens with two attached hydrogens (primary N) is 1. The van der Waals surface area contributed by atoms with Gasteiger partial charge in [-0.3, -0.25) is 4.79 Å². The number of methoxy groups -OCH3 is 1. The van der Waals surface area contributed by atoms with Gasteiger partial charge >= 0.3 is 0 Å². The molecule has 0 saturated carbocycles. The van der Waals surface area contributed by atoms with Crippen molar-refractivity contribution in [3.05, 3.63) is 18.2 Å². The van der Waals surface area contributed by atoms with Crippen LogP contribution in [0, 0.1) is 5.41 Å². The van der Waals surface area contributed by atoms with Crippen molar-refractivity contribution in [2.24, 2.45) is 11.1 Å². The Kier molecular flexibility index (Phi) is 5.39. The molecular formula is C15H24N2O3. The van der Waals surface area contributed by atoms with Crippen molar-refractivity contribution >= 4 is 11.6 Å². The monoisotopic (exact) mass is 280 g/mol. The van der Waals surface area contributed by atoms with E-state index >= 15 is 0 Å². The van der Waals surface area contributed by atoms with Gasteiger partial charge in [0.25, 0.3) is 0 Å². The Bertz CT molecular complexity index is 467. The lowest BCUT2D eigenvalue weighted by Gasteiger charge is -2.25. The molecule has 0 aliphatic heterocycles. The summed E-state index contributed by atoms with van der Waals surface area (Å²) < 4.78 is 10.7. The van der Waals surface area contributed by atoms with E-state index in [9.17, 15) is 4.79 Å². The standard InChI is InChI=1S/C15H24N2O3/c1-6-20-11-8-7-10(9-12(11)19-5)17-14(18)13(16)15(2,3)4/h7-9,13H,6,16H2,1-5H3,(H,17,18). The minimum Gasteiger partial charge on any atom is -0.493 e. The Morgan fingerprint density at radius 3 is 2.50 bits per heavy atom. The van der Waals surface area contributed by atoms with Crippen molar-refractivity contribution in [2.75, 3.05) is 19.0 Å². The van der Waals surface area contributed by atoms with Crippen molar-refractivity contribution in [1.82, 2.24) is 0 Å². The van der Waals surface area contributed by atoms with Gasteiger partial charge in [-0.1, -0.05) is 20.8 Å². The first-order valence-electron chi connectivity index (χ1n) is 6.67. The summed E-state index contributed by atoms with van der Waals surface area (Å²) in [5, 5.41) is 2.79. The molecule has 1 aromatic carbocycles. The van der Waals surface area contributed by atoms with Gasteiger partial charge in [-0.2, -0.15) is 0 Å². The molecule has 1 atom stereocenters. The van der Waals surface area contributed by atoms with Crippen LogP contribution in [0.5, 0.6) is 11.5 Å². The Morgan fingerprint density at radius 2 is 2.00 bits per heavy atom. The predicted octanol–water partition coefficient (Wildman–Crippen LogP) is 2.41. The van der Waals surface area contributed by atoms with Crippen LogP contribution >= 0.6 is 0 Å². The second kappa shape index (κ2) is 6.61. The second-order valence-electron chi connectivity index (χ2n) is 5.63. The highest BCUT2D eigenvalue weighted by Crippen LogP contribution is 2.30. The molecule has 112 valence electrons. The maximum Gasteiger partial charge on any atom is 0.241 e. The van der Waals surface area contributed by atoms with Crippen LogP contribution in [0.1, 0.15) is 27.7 Å². The summed E-state index contributed by atoms with van der Waals surface area (Å²) in [6, 6.07) is 4.67. The number of amides is 1. The minimum atomic E-state index is -0.583. The fourth-order valence-electron chi connectivity index (χ4n) is 1.63. The summed E-state index contributed by atoms with van der Waals surface area (Å²) >= 11 is 0. The minimum absolute atomic E-state index is 0.219. The fourth-order valence-corrected chi connectivity index (χ4v) is 1.63. The lowest BCUT2D eigenvalue weighted by atomic mass is 9.87. The SMILES string of the molecule is CCOc1ccc(NC(=O)C(N)C(C)(C)C)cc1OC. The molecule has 0 aliphatic rings. The van der Waals surface area contributed by atoms with Gasteiger partial charge in [0.05, 0.1) is 19.8 Å². The number of carbonyl (C=O) groups is 1. The van der Waals surface area contributed by atoms with Crippen molar-refractivity contribution in [3.63, 3.8) is 0 Å². The van der Waals surface area contributed by atoms with Crippen LogP contribution in [-0.2, 0) is 4.79 Å². The highest BCUT2D eigenvalue weighted by molar-refractivity contribution is 5.95. The van der Waals surface area contributed by atoms with E-state index in [-0.39, 0.29) is 11.3 Å². The number of benzene rings is 1. The van der Waals surface area contributed by atoms with E-state index in [1.54, 1.807) is 25.3 Å². The van der Waals surface area contributed by atoms with Gasteiger partial charge < -0.3 is 20.5 Å². The van der Waals surface area contributed by atoms with Gasteiger partial charge in [-0.25, -0.2) is 0 Å². The zero-order valence-corrected chi connectivity index (χ0v) is 12.8. The van der Waals surface area contributed by atoms with E-state index in [1.807, 2.05) is 27.7 Å². The summed E-state index contributed by atoms with van der Waals surface area (Å²) in [6.45, 7) is 8.23. The molecule has 0 aliphatic carbocycles. The van der Waals surface area contributed by atoms with E-state index in [1.165, 1.54) is 0 Å². The van der Waals surface area contributed by atoms with Crippen molar-refractivity contribution in [1.29, 1.82) is 0 Å². The van der Waals surface area contributed by atoms with Crippen molar-refractivity contribution in [2.45, 2.75) is 33.7 Å². The molecule has 1 rings (SSSR count). The number of rotatable bonds is 5. The molecule has 1 aromatic rings. The van der Waals surface area contributed by atoms with Crippen LogP contribution in [-0.4, -0.2) is 25.7 Å². The molecule has 1 unspecified atom stereocenters. The van der Waals surface area contributed by atoms with E-state index < -0.39 is 6.04 Å². The van der Waals surface area contributed by atoms with Gasteiger partial charge in [-0.05, 0) is 24.5 Å². The number of hydrogen-bond donors (Lipinski definition) is 2. The average molecular weight is 280 g/mol. The Morgan fingerprint density at radius 1 is 1.35 bits per heavy atom. The summed E-state index contributed by atoms with van der Waals surface area (Å²) in [5.41, 5.74) is 6.26. The van der Waals surface area contributed by atoms with Crippen molar-refractivity contribution < 1.29 is 14.3 Å². The molecule has 5 heteroatoms. The van der Waals surface area contributed by atoms with Gasteiger partial charge in [0.2, 0.25) is 5.91 Å². The smallest absolute Gasteiger partial charge is 0.241 e. The molecule has 0 saturated heterocycles. The van der Waals surface area contributed by atoms with Gasteiger partial charge in [0, 0.05) is 11.8 Å². The molecule has 1 amide bonds. The van der Waals surface area contributed by atoms with Crippen LogP contribution in [0.4, 0.5) is 5.69 Å². The Labute approximate surface area is 120 Å². The predicted molar refractivity (Wildman–Crippen MR) is 80.2 cm³/mol. The summed E-state index contributed by atoms with van der Waals surface area (Å²) in [5.74, 6) is 1.01. The van der Waals surface area contributed by atoms with E-state index in [0.29, 0.717) is 23.8 Å². The third kappa shape index (κ3) is 4.13. The summed E-state index contributed by atoms with van der Waals surface area (Å²) in [6.07, 6.45) is 0. The fraction of sp³-hybridized carbons (Fsp3) is 0.533. The van der Waals surface area contributed by atoms with Crippen LogP contribution in [0.3, 0.4) is 0 Å². The number of carbonyl (C=O) groups excluding carboxylic acids is 1. The Hall–Kier alpha value is -1.75. The topological polar surface area (TPSA) is 73.6 Å².